The molecule has 2 nitrogen and oxygen atoms in total. The van der Waals surface area contributed by atoms with Crippen molar-refractivity contribution in [3.63, 3.8) is 0 Å². The molecule has 0 heterocycles. The van der Waals surface area contributed by atoms with Crippen LogP contribution in [0.15, 0.2) is 77.4 Å². The number of benzene rings is 2. The molecule has 144 valence electrons. The zero-order valence-corrected chi connectivity index (χ0v) is 15.6. The van der Waals surface area contributed by atoms with E-state index in [2.05, 4.69) is 10.3 Å². The van der Waals surface area contributed by atoms with Gasteiger partial charge in [-0.25, -0.2) is 0 Å². The van der Waals surface area contributed by atoms with Gasteiger partial charge in [-0.3, -0.25) is 4.99 Å². The Hall–Kier alpha value is -2.56. The Morgan fingerprint density at radius 3 is 2.19 bits per heavy atom. The molecule has 0 aromatic heterocycles. The van der Waals surface area contributed by atoms with Gasteiger partial charge in [0.25, 0.3) is 0 Å². The van der Waals surface area contributed by atoms with E-state index in [4.69, 9.17) is 0 Å². The van der Waals surface area contributed by atoms with Gasteiger partial charge in [0, 0.05) is 12.6 Å². The summed E-state index contributed by atoms with van der Waals surface area (Å²) in [6.45, 7) is 4.24. The van der Waals surface area contributed by atoms with Gasteiger partial charge in [-0.2, -0.15) is 13.2 Å². The summed E-state index contributed by atoms with van der Waals surface area (Å²) in [5.41, 5.74) is 1.00. The zero-order valence-electron chi connectivity index (χ0n) is 15.6. The molecule has 0 aliphatic heterocycles. The Labute approximate surface area is 158 Å². The van der Waals surface area contributed by atoms with Crippen molar-refractivity contribution in [3.05, 3.63) is 83.6 Å². The van der Waals surface area contributed by atoms with Gasteiger partial charge in [0.05, 0.1) is 5.71 Å². The molecule has 2 rings (SSSR count). The summed E-state index contributed by atoms with van der Waals surface area (Å²) >= 11 is 0. The predicted octanol–water partition coefficient (Wildman–Crippen LogP) is 6.07. The van der Waals surface area contributed by atoms with Crippen molar-refractivity contribution in [2.75, 3.05) is 6.54 Å². The minimum Gasteiger partial charge on any atom is -0.374 e. The minimum atomic E-state index is -4.50. The molecule has 0 saturated heterocycles. The second-order valence-corrected chi connectivity index (χ2v) is 6.32. The van der Waals surface area contributed by atoms with Crippen molar-refractivity contribution in [3.8, 4) is 0 Å². The number of hydrogen-bond acceptors (Lipinski definition) is 2. The Kier molecular flexibility index (Phi) is 7.65. The van der Waals surface area contributed by atoms with Crippen molar-refractivity contribution < 1.29 is 13.2 Å². The van der Waals surface area contributed by atoms with Gasteiger partial charge < -0.3 is 5.32 Å². The SMILES string of the molecule is CCCCN=C(/C=C(\NC(C)c1ccccc1)C(F)(F)F)c1ccccc1. The molecule has 0 aliphatic carbocycles. The first-order valence-corrected chi connectivity index (χ1v) is 9.12. The number of hydrogen-bond donors (Lipinski definition) is 1. The van der Waals surface area contributed by atoms with Crippen molar-refractivity contribution in [2.24, 2.45) is 4.99 Å². The lowest BCUT2D eigenvalue weighted by molar-refractivity contribution is -0.0975. The number of unbranched alkanes of at least 4 members (excludes halogenated alkanes) is 1. The van der Waals surface area contributed by atoms with Crippen LogP contribution >= 0.6 is 0 Å². The lowest BCUT2D eigenvalue weighted by atomic mass is 10.1. The highest BCUT2D eigenvalue weighted by atomic mass is 19.4. The van der Waals surface area contributed by atoms with Crippen LogP contribution in [0, 0.1) is 0 Å². The van der Waals surface area contributed by atoms with Crippen LogP contribution in [0.4, 0.5) is 13.2 Å². The first kappa shape index (κ1) is 20.7. The minimum absolute atomic E-state index is 0.337. The number of nitrogens with zero attached hydrogens (tertiary/aromatic N) is 1. The highest BCUT2D eigenvalue weighted by molar-refractivity contribution is 6.09. The van der Waals surface area contributed by atoms with Gasteiger partial charge in [-0.15, -0.1) is 0 Å². The molecule has 1 atom stereocenters. The molecule has 5 heteroatoms. The fourth-order valence-electron chi connectivity index (χ4n) is 2.59. The third-order valence-electron chi connectivity index (χ3n) is 4.12. The molecule has 0 fully saturated rings. The summed E-state index contributed by atoms with van der Waals surface area (Å²) < 4.78 is 41.0. The molecular weight excluding hydrogens is 349 g/mol. The van der Waals surface area contributed by atoms with E-state index >= 15 is 0 Å². The smallest absolute Gasteiger partial charge is 0.374 e. The highest BCUT2D eigenvalue weighted by Gasteiger charge is 2.35. The third kappa shape index (κ3) is 6.59. The van der Waals surface area contributed by atoms with Gasteiger partial charge in [-0.1, -0.05) is 74.0 Å². The Balaban J connectivity index is 2.36. The summed E-state index contributed by atoms with van der Waals surface area (Å²) in [7, 11) is 0. The number of halogens is 3. The number of rotatable bonds is 8. The lowest BCUT2D eigenvalue weighted by Crippen LogP contribution is -2.29. The molecule has 2 aromatic rings. The van der Waals surface area contributed by atoms with E-state index < -0.39 is 17.9 Å². The average molecular weight is 374 g/mol. The van der Waals surface area contributed by atoms with E-state index in [1.165, 1.54) is 0 Å². The summed E-state index contributed by atoms with van der Waals surface area (Å²) in [4.78, 5) is 4.42. The van der Waals surface area contributed by atoms with E-state index in [9.17, 15) is 13.2 Å². The number of aliphatic imine (C=N–C) groups is 1. The maximum Gasteiger partial charge on any atom is 0.431 e. The van der Waals surface area contributed by atoms with Crippen LogP contribution < -0.4 is 5.32 Å². The van der Waals surface area contributed by atoms with Crippen molar-refractivity contribution in [2.45, 2.75) is 38.9 Å². The van der Waals surface area contributed by atoms with Crippen LogP contribution in [0.1, 0.15) is 43.9 Å². The van der Waals surface area contributed by atoms with Gasteiger partial charge in [0.1, 0.15) is 5.70 Å². The van der Waals surface area contributed by atoms with E-state index in [0.717, 1.165) is 24.5 Å². The summed E-state index contributed by atoms with van der Waals surface area (Å²) in [5.74, 6) is 0. The molecule has 1 N–H and O–H groups in total. The second-order valence-electron chi connectivity index (χ2n) is 6.32. The van der Waals surface area contributed by atoms with E-state index in [-0.39, 0.29) is 0 Å². The average Bonchev–Trinajstić information content (AvgIpc) is 2.67. The van der Waals surface area contributed by atoms with Crippen molar-refractivity contribution in [1.29, 1.82) is 0 Å². The maximum absolute atomic E-state index is 13.7. The van der Waals surface area contributed by atoms with Crippen LogP contribution in [0.2, 0.25) is 0 Å². The highest BCUT2D eigenvalue weighted by Crippen LogP contribution is 2.27. The fraction of sp³-hybridized carbons (Fsp3) is 0.318. The van der Waals surface area contributed by atoms with Gasteiger partial charge in [-0.05, 0) is 30.5 Å². The molecular formula is C22H25F3N2. The van der Waals surface area contributed by atoms with Crippen molar-refractivity contribution >= 4 is 5.71 Å². The van der Waals surface area contributed by atoms with Crippen LogP contribution in [0.5, 0.6) is 0 Å². The predicted molar refractivity (Wildman–Crippen MR) is 105 cm³/mol. The monoisotopic (exact) mass is 374 g/mol. The summed E-state index contributed by atoms with van der Waals surface area (Å²) in [6, 6.07) is 17.6. The van der Waals surface area contributed by atoms with Gasteiger partial charge >= 0.3 is 6.18 Å². The van der Waals surface area contributed by atoms with Crippen LogP contribution in [0.3, 0.4) is 0 Å². The maximum atomic E-state index is 13.7. The first-order chi connectivity index (χ1) is 12.9. The normalized spacial score (nSPS) is 14.1. The Morgan fingerprint density at radius 1 is 1.04 bits per heavy atom. The largest absolute Gasteiger partial charge is 0.431 e. The third-order valence-corrected chi connectivity index (χ3v) is 4.12. The summed E-state index contributed by atoms with van der Waals surface area (Å²) in [6.07, 6.45) is -1.61. The molecule has 27 heavy (non-hydrogen) atoms. The standard InChI is InChI=1S/C22H25F3N2/c1-3-4-15-26-20(19-13-9-6-10-14-19)16-21(22(23,24)25)27-17(2)18-11-7-5-8-12-18/h5-14,16-17,27H,3-4,15H2,1-2H3/b21-16-,26-20?. The lowest BCUT2D eigenvalue weighted by Gasteiger charge is -2.21. The van der Waals surface area contributed by atoms with E-state index in [0.29, 0.717) is 17.8 Å². The fourth-order valence-corrected chi connectivity index (χ4v) is 2.59. The Bertz CT molecular complexity index is 750. The first-order valence-electron chi connectivity index (χ1n) is 9.12. The van der Waals surface area contributed by atoms with Crippen molar-refractivity contribution in [1.82, 2.24) is 5.32 Å². The molecule has 0 spiro atoms. The molecule has 0 bridgehead atoms. The second kappa shape index (κ2) is 9.95. The number of nitrogens with one attached hydrogen (secondary N) is 1. The quantitative estimate of drug-likeness (QED) is 0.440. The zero-order chi connectivity index (χ0) is 19.7. The van der Waals surface area contributed by atoms with Crippen LogP contribution in [-0.4, -0.2) is 18.4 Å². The van der Waals surface area contributed by atoms with Gasteiger partial charge in [0.15, 0.2) is 0 Å². The van der Waals surface area contributed by atoms with E-state index in [1.807, 2.05) is 31.2 Å². The topological polar surface area (TPSA) is 24.4 Å². The molecule has 0 amide bonds. The van der Waals surface area contributed by atoms with Crippen LogP contribution in [-0.2, 0) is 0 Å². The Morgan fingerprint density at radius 2 is 1.63 bits per heavy atom. The molecule has 0 saturated carbocycles. The van der Waals surface area contributed by atoms with Crippen LogP contribution in [0.25, 0.3) is 0 Å². The molecule has 0 aliphatic rings. The van der Waals surface area contributed by atoms with E-state index in [1.54, 1.807) is 43.3 Å². The van der Waals surface area contributed by atoms with Gasteiger partial charge in [0.2, 0.25) is 0 Å². The number of alkyl halides is 3. The molecule has 1 unspecified atom stereocenters. The molecule has 0 radical (unpaired) electrons. The molecule has 2 aromatic carbocycles. The summed E-state index contributed by atoms with van der Waals surface area (Å²) in [5, 5.41) is 2.62. The number of allylic oxidation sites excluding steroid dienone is 2.